The normalized spacial score (nSPS) is 20.8. The largest absolute Gasteiger partial charge is 0.301 e. The second-order valence-corrected chi connectivity index (χ2v) is 4.11. The van der Waals surface area contributed by atoms with E-state index in [2.05, 4.69) is 10.6 Å². The van der Waals surface area contributed by atoms with Gasteiger partial charge in [0, 0.05) is 13.1 Å². The molecule has 1 saturated heterocycles. The van der Waals surface area contributed by atoms with Crippen LogP contribution in [0.2, 0.25) is 0 Å². The Hall–Kier alpha value is -0.170. The molecule has 1 aliphatic rings. The Kier molecular flexibility index (Phi) is 2.83. The molecule has 66 valence electrons. The highest BCUT2D eigenvalue weighted by Crippen LogP contribution is 1.95. The second-order valence-electron chi connectivity index (χ2n) is 2.54. The van der Waals surface area contributed by atoms with Gasteiger partial charge in [0.15, 0.2) is 0 Å². The molecule has 11 heavy (non-hydrogen) atoms. The van der Waals surface area contributed by atoms with Crippen LogP contribution in [-0.4, -0.2) is 38.0 Å². The maximum absolute atomic E-state index is 10.3. The van der Waals surface area contributed by atoms with Crippen LogP contribution >= 0.6 is 0 Å². The highest BCUT2D eigenvalue weighted by atomic mass is 32.2. The highest BCUT2D eigenvalue weighted by molar-refractivity contribution is 7.85. The standard InChI is InChI=1S/C5H12N2O3S/c8-11(9,10)4-1-5-6-2-3-7-5/h5-7H,1-4H2,(H,8,9,10). The Labute approximate surface area is 65.9 Å². The third-order valence-electron chi connectivity index (χ3n) is 1.57. The van der Waals surface area contributed by atoms with Gasteiger partial charge in [0.1, 0.15) is 0 Å². The highest BCUT2D eigenvalue weighted by Gasteiger charge is 2.15. The van der Waals surface area contributed by atoms with Gasteiger partial charge in [0.25, 0.3) is 10.1 Å². The van der Waals surface area contributed by atoms with Crippen LogP contribution in [0.1, 0.15) is 6.42 Å². The van der Waals surface area contributed by atoms with Gasteiger partial charge in [-0.3, -0.25) is 4.55 Å². The van der Waals surface area contributed by atoms with Crippen molar-refractivity contribution < 1.29 is 13.0 Å². The molecule has 0 aromatic heterocycles. The molecule has 0 saturated carbocycles. The minimum Gasteiger partial charge on any atom is -0.301 e. The summed E-state index contributed by atoms with van der Waals surface area (Å²) in [5.74, 6) is -0.183. The summed E-state index contributed by atoms with van der Waals surface area (Å²) in [7, 11) is -3.79. The molecule has 6 heteroatoms. The Balaban J connectivity index is 2.22. The van der Waals surface area contributed by atoms with E-state index in [1.54, 1.807) is 0 Å². The van der Waals surface area contributed by atoms with Crippen LogP contribution < -0.4 is 10.6 Å². The molecule has 0 radical (unpaired) electrons. The molecule has 0 aliphatic carbocycles. The smallest absolute Gasteiger partial charge is 0.264 e. The van der Waals surface area contributed by atoms with Crippen molar-refractivity contribution in [2.45, 2.75) is 12.6 Å². The van der Waals surface area contributed by atoms with Gasteiger partial charge >= 0.3 is 0 Å². The lowest BCUT2D eigenvalue weighted by molar-refractivity contribution is 0.467. The van der Waals surface area contributed by atoms with E-state index >= 15 is 0 Å². The van der Waals surface area contributed by atoms with Crippen molar-refractivity contribution in [3.8, 4) is 0 Å². The summed E-state index contributed by atoms with van der Waals surface area (Å²) in [6.07, 6.45) is 0.454. The first-order chi connectivity index (χ1) is 5.08. The molecule has 5 nitrogen and oxygen atoms in total. The first kappa shape index (κ1) is 8.92. The summed E-state index contributed by atoms with van der Waals surface area (Å²) in [6, 6.07) is 0. The predicted octanol–water partition coefficient (Wildman–Crippen LogP) is -1.22. The lowest BCUT2D eigenvalue weighted by atomic mass is 10.4. The van der Waals surface area contributed by atoms with Crippen LogP contribution in [0.25, 0.3) is 0 Å². The van der Waals surface area contributed by atoms with Crippen molar-refractivity contribution in [2.75, 3.05) is 18.8 Å². The molecule has 0 atom stereocenters. The molecular formula is C5H12N2O3S. The molecule has 0 aromatic rings. The molecule has 1 heterocycles. The second kappa shape index (κ2) is 3.48. The fraction of sp³-hybridized carbons (Fsp3) is 1.00. The lowest BCUT2D eigenvalue weighted by Crippen LogP contribution is -2.32. The van der Waals surface area contributed by atoms with Gasteiger partial charge in [-0.05, 0) is 6.42 Å². The van der Waals surface area contributed by atoms with Gasteiger partial charge < -0.3 is 10.6 Å². The van der Waals surface area contributed by atoms with Crippen LogP contribution in [0.4, 0.5) is 0 Å². The van der Waals surface area contributed by atoms with Gasteiger partial charge in [-0.2, -0.15) is 8.42 Å². The van der Waals surface area contributed by atoms with Crippen LogP contribution in [-0.2, 0) is 10.1 Å². The quantitative estimate of drug-likeness (QED) is 0.475. The van der Waals surface area contributed by atoms with Crippen LogP contribution in [0.15, 0.2) is 0 Å². The molecule has 1 rings (SSSR count). The zero-order valence-corrected chi connectivity index (χ0v) is 6.89. The van der Waals surface area contributed by atoms with Crippen molar-refractivity contribution >= 4 is 10.1 Å². The Morgan fingerprint density at radius 1 is 1.36 bits per heavy atom. The van der Waals surface area contributed by atoms with E-state index in [-0.39, 0.29) is 11.9 Å². The SMILES string of the molecule is O=S(=O)(O)CCC1NCCN1. The maximum atomic E-state index is 10.3. The molecule has 0 amide bonds. The average molecular weight is 180 g/mol. The van der Waals surface area contributed by atoms with Crippen LogP contribution in [0, 0.1) is 0 Å². The van der Waals surface area contributed by atoms with Crippen molar-refractivity contribution in [2.24, 2.45) is 0 Å². The molecule has 0 aromatic carbocycles. The maximum Gasteiger partial charge on any atom is 0.264 e. The van der Waals surface area contributed by atoms with Crippen molar-refractivity contribution in [1.82, 2.24) is 10.6 Å². The molecule has 0 spiro atoms. The molecule has 3 N–H and O–H groups in total. The van der Waals surface area contributed by atoms with E-state index in [0.717, 1.165) is 13.1 Å². The van der Waals surface area contributed by atoms with Crippen molar-refractivity contribution in [3.05, 3.63) is 0 Å². The van der Waals surface area contributed by atoms with Crippen LogP contribution in [0.5, 0.6) is 0 Å². The summed E-state index contributed by atoms with van der Waals surface area (Å²) in [5, 5.41) is 6.08. The predicted molar refractivity (Wildman–Crippen MR) is 40.8 cm³/mol. The Morgan fingerprint density at radius 2 is 1.91 bits per heavy atom. The number of rotatable bonds is 3. The van der Waals surface area contributed by atoms with Gasteiger partial charge in [0.05, 0.1) is 11.9 Å². The Bertz CT molecular complexity index is 208. The fourth-order valence-electron chi connectivity index (χ4n) is 1.04. The molecule has 1 fully saturated rings. The van der Waals surface area contributed by atoms with E-state index in [1.807, 2.05) is 0 Å². The van der Waals surface area contributed by atoms with E-state index in [0.29, 0.717) is 6.42 Å². The van der Waals surface area contributed by atoms with E-state index in [1.165, 1.54) is 0 Å². The third-order valence-corrected chi connectivity index (χ3v) is 2.32. The summed E-state index contributed by atoms with van der Waals surface area (Å²) in [6.45, 7) is 1.71. The molecule has 0 unspecified atom stereocenters. The summed E-state index contributed by atoms with van der Waals surface area (Å²) < 4.78 is 29.0. The molecular weight excluding hydrogens is 168 g/mol. The van der Waals surface area contributed by atoms with Gasteiger partial charge in [-0.1, -0.05) is 0 Å². The number of hydrogen-bond acceptors (Lipinski definition) is 4. The first-order valence-electron chi connectivity index (χ1n) is 3.50. The number of hydrogen-bond donors (Lipinski definition) is 3. The average Bonchev–Trinajstić information content (AvgIpc) is 2.32. The summed E-state index contributed by atoms with van der Waals surface area (Å²) >= 11 is 0. The summed E-state index contributed by atoms with van der Waals surface area (Å²) in [5.41, 5.74) is 0. The third kappa shape index (κ3) is 3.66. The van der Waals surface area contributed by atoms with Gasteiger partial charge in [-0.15, -0.1) is 0 Å². The topological polar surface area (TPSA) is 78.4 Å². The molecule has 1 aliphatic heterocycles. The zero-order valence-electron chi connectivity index (χ0n) is 6.08. The zero-order chi connectivity index (χ0) is 8.32. The summed E-state index contributed by atoms with van der Waals surface area (Å²) in [4.78, 5) is 0. The minimum absolute atomic E-state index is 0.0388. The van der Waals surface area contributed by atoms with E-state index in [4.69, 9.17) is 4.55 Å². The Morgan fingerprint density at radius 3 is 2.36 bits per heavy atom. The van der Waals surface area contributed by atoms with Crippen molar-refractivity contribution in [3.63, 3.8) is 0 Å². The first-order valence-corrected chi connectivity index (χ1v) is 5.11. The molecule has 0 bridgehead atoms. The monoisotopic (exact) mass is 180 g/mol. The van der Waals surface area contributed by atoms with Gasteiger partial charge in [-0.25, -0.2) is 0 Å². The lowest BCUT2D eigenvalue weighted by Gasteiger charge is -2.07. The minimum atomic E-state index is -3.79. The van der Waals surface area contributed by atoms with E-state index < -0.39 is 10.1 Å². The van der Waals surface area contributed by atoms with E-state index in [9.17, 15) is 8.42 Å². The van der Waals surface area contributed by atoms with Gasteiger partial charge in [0.2, 0.25) is 0 Å². The van der Waals surface area contributed by atoms with Crippen LogP contribution in [0.3, 0.4) is 0 Å². The van der Waals surface area contributed by atoms with Crippen molar-refractivity contribution in [1.29, 1.82) is 0 Å². The number of nitrogens with one attached hydrogen (secondary N) is 2. The fourth-order valence-corrected chi connectivity index (χ4v) is 1.57.